The lowest BCUT2D eigenvalue weighted by molar-refractivity contribution is 0.474. The summed E-state index contributed by atoms with van der Waals surface area (Å²) in [6.45, 7) is 0. The fraction of sp³-hybridized carbons (Fsp3) is 0. The summed E-state index contributed by atoms with van der Waals surface area (Å²) in [7, 11) is 0. The summed E-state index contributed by atoms with van der Waals surface area (Å²) < 4.78 is 7.39. The molecule has 0 fully saturated rings. The number of para-hydroxylation sites is 2. The third-order valence-electron chi connectivity index (χ3n) is 4.22. The molecule has 6 nitrogen and oxygen atoms in total. The largest absolute Gasteiger partial charge is 0.508 e. The first-order valence-corrected chi connectivity index (χ1v) is 8.60. The molecule has 0 atom stereocenters. The van der Waals surface area contributed by atoms with E-state index >= 15 is 0 Å². The second-order valence-corrected chi connectivity index (χ2v) is 6.84. The number of nitrogens with zero attached hydrogens (tertiary/aromatic N) is 2. The van der Waals surface area contributed by atoms with Crippen LogP contribution in [0.25, 0.3) is 33.0 Å². The minimum absolute atomic E-state index is 0.0191. The molecular weight excluding hydrogens is 352 g/mol. The van der Waals surface area contributed by atoms with Crippen molar-refractivity contribution in [2.45, 2.75) is 0 Å². The van der Waals surface area contributed by atoms with Crippen molar-refractivity contribution < 1.29 is 9.52 Å². The monoisotopic (exact) mass is 362 g/mol. The number of aromatic hydroxyl groups is 1. The van der Waals surface area contributed by atoms with Crippen LogP contribution in [0.4, 0.5) is 0 Å². The summed E-state index contributed by atoms with van der Waals surface area (Å²) in [4.78, 5) is 30.4. The van der Waals surface area contributed by atoms with Crippen molar-refractivity contribution in [1.82, 2.24) is 9.38 Å². The van der Waals surface area contributed by atoms with Gasteiger partial charge in [-0.2, -0.15) is 0 Å². The number of fused-ring (bicyclic) bond motifs is 4. The highest BCUT2D eigenvalue weighted by Gasteiger charge is 2.12. The molecule has 5 rings (SSSR count). The highest BCUT2D eigenvalue weighted by Crippen LogP contribution is 2.18. The van der Waals surface area contributed by atoms with Gasteiger partial charge in [0.2, 0.25) is 0 Å². The predicted molar refractivity (Wildman–Crippen MR) is 99.8 cm³/mol. The maximum atomic E-state index is 12.8. The van der Waals surface area contributed by atoms with Crippen molar-refractivity contribution >= 4 is 44.4 Å². The van der Waals surface area contributed by atoms with Crippen LogP contribution < -0.4 is 15.5 Å². The number of benzene rings is 2. The van der Waals surface area contributed by atoms with Gasteiger partial charge in [0.05, 0.1) is 26.5 Å². The number of hydrogen-bond acceptors (Lipinski definition) is 6. The molecule has 5 aromatic rings. The molecule has 0 bridgehead atoms. The molecule has 0 saturated carbocycles. The third kappa shape index (κ3) is 2.07. The van der Waals surface area contributed by atoms with E-state index in [0.29, 0.717) is 20.5 Å². The van der Waals surface area contributed by atoms with Crippen LogP contribution in [-0.2, 0) is 0 Å². The van der Waals surface area contributed by atoms with Gasteiger partial charge in [0, 0.05) is 6.07 Å². The van der Waals surface area contributed by atoms with Crippen molar-refractivity contribution in [2.75, 3.05) is 0 Å². The van der Waals surface area contributed by atoms with E-state index in [0.717, 1.165) is 11.0 Å². The van der Waals surface area contributed by atoms with E-state index in [-0.39, 0.29) is 22.3 Å². The van der Waals surface area contributed by atoms with Gasteiger partial charge in [0.1, 0.15) is 17.6 Å². The average Bonchev–Trinajstić information content (AvgIpc) is 3.14. The van der Waals surface area contributed by atoms with Gasteiger partial charge in [-0.05, 0) is 30.3 Å². The van der Waals surface area contributed by atoms with Crippen LogP contribution in [0.2, 0.25) is 0 Å². The Morgan fingerprint density at radius 3 is 2.88 bits per heavy atom. The molecule has 0 unspecified atom stereocenters. The minimum Gasteiger partial charge on any atom is -0.508 e. The van der Waals surface area contributed by atoms with E-state index < -0.39 is 0 Å². The highest BCUT2D eigenvalue weighted by atomic mass is 32.1. The van der Waals surface area contributed by atoms with E-state index in [1.54, 1.807) is 4.40 Å². The molecule has 0 aliphatic carbocycles. The number of aromatic nitrogens is 2. The van der Waals surface area contributed by atoms with Crippen LogP contribution in [0.3, 0.4) is 0 Å². The Bertz CT molecular complexity index is 1490. The van der Waals surface area contributed by atoms with Crippen LogP contribution in [0.15, 0.2) is 62.7 Å². The van der Waals surface area contributed by atoms with Crippen molar-refractivity contribution in [2.24, 2.45) is 0 Å². The Kier molecular flexibility index (Phi) is 3.01. The summed E-state index contributed by atoms with van der Waals surface area (Å²) in [5, 5.41) is 9.83. The van der Waals surface area contributed by atoms with E-state index in [9.17, 15) is 14.7 Å². The van der Waals surface area contributed by atoms with E-state index in [2.05, 4.69) is 4.98 Å². The standard InChI is InChI=1S/C19H10N2O4S/c22-11-5-6-12-15(8-11)25-9-10(17(12)23)7-16-18(24)21-14-4-2-1-3-13(14)20-19(21)26-16/h1-9,22H. The molecule has 0 spiro atoms. The SMILES string of the molecule is O=c1c(C=c2sc3nc4ccccc4n3c2=O)coc2cc(O)ccc12. The second kappa shape index (κ2) is 5.27. The van der Waals surface area contributed by atoms with Crippen LogP contribution in [0.5, 0.6) is 5.75 Å². The second-order valence-electron chi connectivity index (χ2n) is 5.83. The summed E-state index contributed by atoms with van der Waals surface area (Å²) in [5.74, 6) is 0.0191. The minimum atomic E-state index is -0.262. The van der Waals surface area contributed by atoms with E-state index in [4.69, 9.17) is 4.42 Å². The Labute approximate surface area is 148 Å². The Morgan fingerprint density at radius 2 is 2.00 bits per heavy atom. The lowest BCUT2D eigenvalue weighted by atomic mass is 10.1. The lowest BCUT2D eigenvalue weighted by Gasteiger charge is -1.98. The van der Waals surface area contributed by atoms with Gasteiger partial charge < -0.3 is 9.52 Å². The first kappa shape index (κ1) is 14.9. The van der Waals surface area contributed by atoms with Crippen molar-refractivity contribution in [3.63, 3.8) is 0 Å². The molecule has 0 amide bonds. The third-order valence-corrected chi connectivity index (χ3v) is 5.19. The van der Waals surface area contributed by atoms with E-state index in [1.165, 1.54) is 41.9 Å². The zero-order valence-electron chi connectivity index (χ0n) is 13.2. The molecule has 0 aliphatic heterocycles. The molecule has 7 heteroatoms. The Morgan fingerprint density at radius 1 is 1.15 bits per heavy atom. The average molecular weight is 362 g/mol. The number of rotatable bonds is 1. The molecule has 0 radical (unpaired) electrons. The zero-order valence-corrected chi connectivity index (χ0v) is 14.0. The molecule has 126 valence electrons. The van der Waals surface area contributed by atoms with Crippen LogP contribution >= 0.6 is 11.3 Å². The quantitative estimate of drug-likeness (QED) is 0.494. The zero-order chi connectivity index (χ0) is 17.8. The highest BCUT2D eigenvalue weighted by molar-refractivity contribution is 7.15. The van der Waals surface area contributed by atoms with Crippen molar-refractivity contribution in [3.8, 4) is 5.75 Å². The molecule has 1 N–H and O–H groups in total. The molecular formula is C19H10N2O4S. The predicted octanol–water partition coefficient (Wildman–Crippen LogP) is 2.27. The molecule has 0 saturated heterocycles. The van der Waals surface area contributed by atoms with Gasteiger partial charge in [-0.15, -0.1) is 0 Å². The van der Waals surface area contributed by atoms with Gasteiger partial charge in [0.15, 0.2) is 10.4 Å². The molecule has 3 heterocycles. The number of imidazole rings is 1. The van der Waals surface area contributed by atoms with Gasteiger partial charge in [-0.3, -0.25) is 9.59 Å². The maximum absolute atomic E-state index is 12.8. The number of phenols is 1. The number of hydrogen-bond donors (Lipinski definition) is 1. The van der Waals surface area contributed by atoms with Gasteiger partial charge >= 0.3 is 0 Å². The molecule has 26 heavy (non-hydrogen) atoms. The van der Waals surface area contributed by atoms with Crippen LogP contribution in [-0.4, -0.2) is 14.5 Å². The Balaban J connectivity index is 1.79. The molecule has 2 aromatic carbocycles. The number of thiazole rings is 1. The summed E-state index contributed by atoms with van der Waals surface area (Å²) in [6, 6.07) is 11.7. The van der Waals surface area contributed by atoms with Gasteiger partial charge in [-0.25, -0.2) is 9.38 Å². The van der Waals surface area contributed by atoms with Crippen molar-refractivity contribution in [1.29, 1.82) is 0 Å². The fourth-order valence-electron chi connectivity index (χ4n) is 2.98. The smallest absolute Gasteiger partial charge is 0.274 e. The van der Waals surface area contributed by atoms with Gasteiger partial charge in [-0.1, -0.05) is 23.5 Å². The van der Waals surface area contributed by atoms with Gasteiger partial charge in [0.25, 0.3) is 5.56 Å². The summed E-state index contributed by atoms with van der Waals surface area (Å²) in [6.07, 6.45) is 2.82. The van der Waals surface area contributed by atoms with Crippen LogP contribution in [0.1, 0.15) is 5.56 Å². The Hall–Kier alpha value is -3.45. The topological polar surface area (TPSA) is 84.8 Å². The normalized spacial score (nSPS) is 12.5. The van der Waals surface area contributed by atoms with Crippen LogP contribution in [0, 0.1) is 0 Å². The number of phenolic OH excluding ortho intramolecular Hbond substituents is 1. The maximum Gasteiger partial charge on any atom is 0.274 e. The summed E-state index contributed by atoms with van der Waals surface area (Å²) >= 11 is 1.22. The van der Waals surface area contributed by atoms with E-state index in [1.807, 2.05) is 24.3 Å². The fourth-order valence-corrected chi connectivity index (χ4v) is 3.96. The molecule has 3 aromatic heterocycles. The molecule has 0 aliphatic rings. The first-order valence-electron chi connectivity index (χ1n) is 7.78. The summed E-state index contributed by atoms with van der Waals surface area (Å²) in [5.41, 5.74) is 1.58. The first-order chi connectivity index (χ1) is 12.6. The lowest BCUT2D eigenvalue weighted by Crippen LogP contribution is -2.23. The van der Waals surface area contributed by atoms with Crippen molar-refractivity contribution in [3.05, 3.63) is 79.4 Å².